The second-order valence-corrected chi connectivity index (χ2v) is 13.4. The van der Waals surface area contributed by atoms with Gasteiger partial charge in [0, 0.05) is 103 Å². The minimum absolute atomic E-state index is 0. The van der Waals surface area contributed by atoms with Crippen LogP contribution in [0.5, 0.6) is 0 Å². The zero-order chi connectivity index (χ0) is 39.4. The zero-order valence-corrected chi connectivity index (χ0v) is 37.9. The molecule has 4 aliphatic rings. The molecule has 0 aromatic carbocycles. The molecule has 0 spiro atoms. The van der Waals surface area contributed by atoms with Crippen molar-refractivity contribution >= 4 is 40.5 Å². The van der Waals surface area contributed by atoms with Crippen LogP contribution >= 0.6 is 0 Å². The van der Waals surface area contributed by atoms with Gasteiger partial charge in [0.15, 0.2) is 5.79 Å². The van der Waals surface area contributed by atoms with Gasteiger partial charge in [0.05, 0.1) is 19.8 Å². The standard InChI is InChI=1S/C14H19N3O.C11H18O3.C9H13N3.C9H12N3.BrH.Mg/c1-2-3-6-13-18-17-11-9-16(10-12-17)14-7-4-5-8-15-14;1-3-4-6-10-13-14-11(2)8-5-7-9-12-11;2*1-2-4-11-9(3-1)12-7-5-10-6-8-12;;/h4-5,7-8H,6,9-13H2,1H3;5-10H2,1-2H3;1-4,10H,5-8H2;1-4H,5-8H2;1H;/q;;;-1;;+2/p-1. The van der Waals surface area contributed by atoms with E-state index in [1.165, 1.54) is 0 Å². The molecular weight excluding hydrogens is 811 g/mol. The maximum Gasteiger partial charge on any atom is 2.00 e. The molecule has 0 aliphatic carbocycles. The summed E-state index contributed by atoms with van der Waals surface area (Å²) in [6.07, 6.45) is 10.2. The number of pyridine rings is 3. The van der Waals surface area contributed by atoms with E-state index in [2.05, 4.69) is 70.0 Å². The first-order valence-electron chi connectivity index (χ1n) is 20.0. The Bertz CT molecular complexity index is 1500. The summed E-state index contributed by atoms with van der Waals surface area (Å²) in [4.78, 5) is 35.7. The van der Waals surface area contributed by atoms with Crippen LogP contribution in [0, 0.1) is 23.7 Å². The third-order valence-corrected chi connectivity index (χ3v) is 9.16. The molecule has 7 heterocycles. The molecule has 0 amide bonds. The van der Waals surface area contributed by atoms with E-state index in [1.54, 1.807) is 0 Å². The van der Waals surface area contributed by atoms with Crippen molar-refractivity contribution in [3.8, 4) is 23.7 Å². The van der Waals surface area contributed by atoms with Crippen molar-refractivity contribution < 1.29 is 36.3 Å². The summed E-state index contributed by atoms with van der Waals surface area (Å²) in [7, 11) is 0. The van der Waals surface area contributed by atoms with Crippen molar-refractivity contribution in [3.05, 3.63) is 78.5 Å². The number of nitrogens with one attached hydrogen (secondary N) is 1. The van der Waals surface area contributed by atoms with E-state index in [4.69, 9.17) is 19.3 Å². The molecule has 15 heteroatoms. The van der Waals surface area contributed by atoms with Gasteiger partial charge in [-0.3, -0.25) is 4.84 Å². The van der Waals surface area contributed by atoms with E-state index in [1.807, 2.05) is 93.0 Å². The predicted octanol–water partition coefficient (Wildman–Crippen LogP) is 2.20. The van der Waals surface area contributed by atoms with Crippen molar-refractivity contribution in [1.82, 2.24) is 25.3 Å². The summed E-state index contributed by atoms with van der Waals surface area (Å²) in [5.41, 5.74) is 0. The van der Waals surface area contributed by atoms with E-state index in [9.17, 15) is 0 Å². The molecule has 1 N–H and O–H groups in total. The molecule has 1 atom stereocenters. The van der Waals surface area contributed by atoms with E-state index in [0.29, 0.717) is 19.6 Å². The number of piperazine rings is 3. The van der Waals surface area contributed by atoms with Crippen molar-refractivity contribution in [2.45, 2.75) is 58.7 Å². The number of hydrogen-bond donors (Lipinski definition) is 1. The van der Waals surface area contributed by atoms with Gasteiger partial charge in [-0.1, -0.05) is 18.2 Å². The second-order valence-electron chi connectivity index (χ2n) is 13.4. The van der Waals surface area contributed by atoms with Crippen LogP contribution in [0.4, 0.5) is 17.5 Å². The number of rotatable bonds is 10. The summed E-state index contributed by atoms with van der Waals surface area (Å²) in [5, 5.41) is 9.62. The van der Waals surface area contributed by atoms with Crippen molar-refractivity contribution in [2.24, 2.45) is 0 Å². The Balaban J connectivity index is 0.000000267. The van der Waals surface area contributed by atoms with Crippen LogP contribution < -0.4 is 37.0 Å². The number of hydrogen-bond acceptors (Lipinski definition) is 12. The monoisotopic (exact) mass is 871 g/mol. The van der Waals surface area contributed by atoms with Crippen molar-refractivity contribution in [2.75, 3.05) is 113 Å². The molecular formula is C43H62BrMgN9O4. The normalized spacial score (nSPS) is 18.8. The largest absolute Gasteiger partial charge is 2.00 e. The molecule has 13 nitrogen and oxygen atoms in total. The fraction of sp³-hybridized carbons (Fsp3) is 0.558. The average Bonchev–Trinajstić information content (AvgIpc) is 3.28. The summed E-state index contributed by atoms with van der Waals surface area (Å²) in [5.74, 6) is 14.2. The van der Waals surface area contributed by atoms with E-state index in [0.717, 1.165) is 128 Å². The smallest absolute Gasteiger partial charge is 1.00 e. The van der Waals surface area contributed by atoms with Gasteiger partial charge in [-0.25, -0.2) is 24.7 Å². The predicted molar refractivity (Wildman–Crippen MR) is 230 cm³/mol. The van der Waals surface area contributed by atoms with Crippen LogP contribution in [0.1, 0.15) is 52.9 Å². The molecule has 4 aliphatic heterocycles. The first-order chi connectivity index (χ1) is 27.6. The molecule has 0 saturated carbocycles. The SMILES string of the molecule is CC#CCCON1CCN(c2ccccn2)CC1.CC#CCCOOC1(C)CCCCO1.[Br-].[Mg+2].c1ccc(N2CCNCC2)nc1.c1ccc(N2CC[N-]CC2)nc1. The Morgan fingerprint density at radius 1 is 0.707 bits per heavy atom. The first kappa shape index (κ1) is 51.1. The molecule has 1 unspecified atom stereocenters. The summed E-state index contributed by atoms with van der Waals surface area (Å²) in [6.45, 7) is 19.4. The van der Waals surface area contributed by atoms with Gasteiger partial charge in [0.1, 0.15) is 17.5 Å². The van der Waals surface area contributed by atoms with Gasteiger partial charge in [0.25, 0.3) is 0 Å². The topological polar surface area (TPSA) is 115 Å². The van der Waals surface area contributed by atoms with Gasteiger partial charge in [-0.2, -0.15) is 5.06 Å². The molecule has 4 saturated heterocycles. The molecule has 3 aromatic rings. The molecule has 58 heavy (non-hydrogen) atoms. The Labute approximate surface area is 374 Å². The summed E-state index contributed by atoms with van der Waals surface area (Å²) in [6, 6.07) is 18.1. The third-order valence-electron chi connectivity index (χ3n) is 9.16. The minimum Gasteiger partial charge on any atom is -1.00 e. The molecule has 0 bridgehead atoms. The number of aromatic nitrogens is 3. The fourth-order valence-electron chi connectivity index (χ4n) is 6.11. The third kappa shape index (κ3) is 20.8. The van der Waals surface area contributed by atoms with Crippen LogP contribution in [0.2, 0.25) is 0 Å². The minimum atomic E-state index is -0.544. The molecule has 4 fully saturated rings. The molecule has 7 rings (SSSR count). The maximum absolute atomic E-state index is 5.65. The summed E-state index contributed by atoms with van der Waals surface area (Å²) < 4.78 is 5.49. The summed E-state index contributed by atoms with van der Waals surface area (Å²) >= 11 is 0. The molecule has 0 radical (unpaired) electrons. The van der Waals surface area contributed by atoms with Gasteiger partial charge < -0.3 is 47.1 Å². The van der Waals surface area contributed by atoms with Crippen LogP contribution in [0.25, 0.3) is 5.32 Å². The van der Waals surface area contributed by atoms with Crippen LogP contribution in [-0.4, -0.2) is 147 Å². The number of halogens is 1. The van der Waals surface area contributed by atoms with Crippen molar-refractivity contribution in [1.29, 1.82) is 0 Å². The second kappa shape index (κ2) is 31.8. The average molecular weight is 873 g/mol. The number of ether oxygens (including phenoxy) is 1. The van der Waals surface area contributed by atoms with Gasteiger partial charge in [-0.05, 0) is 70.0 Å². The van der Waals surface area contributed by atoms with Gasteiger partial charge in [-0.15, -0.1) is 36.8 Å². The molecule has 312 valence electrons. The van der Waals surface area contributed by atoms with E-state index in [-0.39, 0.29) is 40.0 Å². The van der Waals surface area contributed by atoms with E-state index < -0.39 is 5.79 Å². The van der Waals surface area contributed by atoms with Gasteiger partial charge >= 0.3 is 23.1 Å². The quantitative estimate of drug-likeness (QED) is 0.106. The Morgan fingerprint density at radius 3 is 1.71 bits per heavy atom. The Hall–Kier alpha value is -3.06. The van der Waals surface area contributed by atoms with Crippen LogP contribution in [0.15, 0.2) is 73.2 Å². The first-order valence-corrected chi connectivity index (χ1v) is 20.0. The Morgan fingerprint density at radius 2 is 1.22 bits per heavy atom. The van der Waals surface area contributed by atoms with Gasteiger partial charge in [0.2, 0.25) is 0 Å². The maximum atomic E-state index is 5.65. The number of anilines is 3. The fourth-order valence-corrected chi connectivity index (χ4v) is 6.11. The number of hydroxylamine groups is 2. The van der Waals surface area contributed by atoms with E-state index >= 15 is 0 Å². The molecule has 3 aromatic heterocycles. The van der Waals surface area contributed by atoms with Crippen molar-refractivity contribution in [3.63, 3.8) is 0 Å². The zero-order valence-electron chi connectivity index (χ0n) is 34.9. The van der Waals surface area contributed by atoms with Crippen LogP contribution in [-0.2, 0) is 19.3 Å². The Kier molecular flexibility index (Phi) is 28.0. The van der Waals surface area contributed by atoms with Crippen LogP contribution in [0.3, 0.4) is 0 Å². The number of nitrogens with zero attached hydrogens (tertiary/aromatic N) is 8.